The zero-order valence-electron chi connectivity index (χ0n) is 14.5. The maximum atomic E-state index is 12.3. The first kappa shape index (κ1) is 18.4. The van der Waals surface area contributed by atoms with Crippen molar-refractivity contribution in [2.24, 2.45) is 11.8 Å². The molecule has 1 aliphatic carbocycles. The molecule has 0 atom stereocenters. The number of anilines is 1. The number of carbonyl (C=O) groups excluding carboxylic acids is 2. The fraction of sp³-hybridized carbons (Fsp3) is 0.350. The number of carbonyl (C=O) groups is 2. The van der Waals surface area contributed by atoms with Crippen molar-refractivity contribution in [2.75, 3.05) is 11.9 Å². The monoisotopic (exact) mass is 371 g/mol. The van der Waals surface area contributed by atoms with E-state index in [1.165, 1.54) is 0 Å². The largest absolute Gasteiger partial charge is 0.352 e. The third-order valence-electron chi connectivity index (χ3n) is 4.82. The summed E-state index contributed by atoms with van der Waals surface area (Å²) in [6, 6.07) is 10.4. The van der Waals surface area contributed by atoms with E-state index in [0.29, 0.717) is 23.0 Å². The number of amides is 2. The average Bonchev–Trinajstić information content (AvgIpc) is 2.68. The molecule has 1 aromatic heterocycles. The van der Waals surface area contributed by atoms with Crippen molar-refractivity contribution in [3.8, 4) is 0 Å². The molecule has 0 saturated heterocycles. The second-order valence-corrected chi connectivity index (χ2v) is 7.10. The maximum Gasteiger partial charge on any atom is 0.251 e. The molecular weight excluding hydrogens is 350 g/mol. The minimum absolute atomic E-state index is 0.0337. The number of pyridine rings is 1. The molecule has 0 radical (unpaired) electrons. The first-order valence-electron chi connectivity index (χ1n) is 8.86. The van der Waals surface area contributed by atoms with Crippen LogP contribution in [-0.2, 0) is 4.79 Å². The van der Waals surface area contributed by atoms with E-state index in [-0.39, 0.29) is 17.7 Å². The molecule has 5 nitrogen and oxygen atoms in total. The number of nitrogens with zero attached hydrogens (tertiary/aromatic N) is 1. The van der Waals surface area contributed by atoms with Gasteiger partial charge in [-0.2, -0.15) is 0 Å². The quantitative estimate of drug-likeness (QED) is 0.837. The van der Waals surface area contributed by atoms with Crippen LogP contribution in [0.4, 0.5) is 5.69 Å². The van der Waals surface area contributed by atoms with Crippen molar-refractivity contribution in [1.82, 2.24) is 10.3 Å². The fourth-order valence-corrected chi connectivity index (χ4v) is 3.37. The van der Waals surface area contributed by atoms with Crippen LogP contribution < -0.4 is 10.6 Å². The Kier molecular flexibility index (Phi) is 6.23. The SMILES string of the molecule is O=C(NCC1CCC(C(=O)Nc2ccncc2)CC1)c1ccc(Cl)cc1. The highest BCUT2D eigenvalue weighted by Crippen LogP contribution is 2.29. The van der Waals surface area contributed by atoms with Crippen molar-refractivity contribution in [3.63, 3.8) is 0 Å². The Hall–Kier alpha value is -2.40. The normalized spacial score (nSPS) is 19.6. The number of benzene rings is 1. The number of rotatable bonds is 5. The molecule has 1 aliphatic rings. The lowest BCUT2D eigenvalue weighted by Crippen LogP contribution is -2.33. The van der Waals surface area contributed by atoms with E-state index < -0.39 is 0 Å². The Morgan fingerprint density at radius 3 is 2.31 bits per heavy atom. The molecule has 2 aromatic rings. The molecule has 3 rings (SSSR count). The van der Waals surface area contributed by atoms with Crippen molar-refractivity contribution in [1.29, 1.82) is 0 Å². The van der Waals surface area contributed by atoms with E-state index in [1.54, 1.807) is 48.8 Å². The first-order valence-corrected chi connectivity index (χ1v) is 9.24. The van der Waals surface area contributed by atoms with Crippen LogP contribution in [0.15, 0.2) is 48.8 Å². The van der Waals surface area contributed by atoms with Gasteiger partial charge in [0.15, 0.2) is 0 Å². The van der Waals surface area contributed by atoms with Gasteiger partial charge in [0.2, 0.25) is 5.91 Å². The summed E-state index contributed by atoms with van der Waals surface area (Å²) in [5.41, 5.74) is 1.39. The van der Waals surface area contributed by atoms with Crippen molar-refractivity contribution < 1.29 is 9.59 Å². The second-order valence-electron chi connectivity index (χ2n) is 6.66. The minimum atomic E-state index is -0.0841. The Balaban J connectivity index is 1.41. The summed E-state index contributed by atoms with van der Waals surface area (Å²) in [6.07, 6.45) is 6.90. The van der Waals surface area contributed by atoms with Crippen LogP contribution in [0.25, 0.3) is 0 Å². The highest BCUT2D eigenvalue weighted by Gasteiger charge is 2.26. The lowest BCUT2D eigenvalue weighted by molar-refractivity contribution is -0.121. The van der Waals surface area contributed by atoms with Gasteiger partial charge in [-0.15, -0.1) is 0 Å². The van der Waals surface area contributed by atoms with Gasteiger partial charge in [-0.05, 0) is 68.0 Å². The number of aromatic nitrogens is 1. The molecule has 1 heterocycles. The van der Waals surface area contributed by atoms with E-state index in [4.69, 9.17) is 11.6 Å². The molecule has 1 aromatic carbocycles. The molecule has 2 amide bonds. The predicted molar refractivity (Wildman–Crippen MR) is 102 cm³/mol. The van der Waals surface area contributed by atoms with E-state index in [2.05, 4.69) is 15.6 Å². The van der Waals surface area contributed by atoms with Crippen LogP contribution in [0.2, 0.25) is 5.02 Å². The average molecular weight is 372 g/mol. The molecule has 136 valence electrons. The van der Waals surface area contributed by atoms with E-state index in [1.807, 2.05) is 0 Å². The molecule has 0 spiro atoms. The van der Waals surface area contributed by atoms with E-state index in [0.717, 1.165) is 31.4 Å². The Bertz CT molecular complexity index is 741. The summed E-state index contributed by atoms with van der Waals surface area (Å²) in [6.45, 7) is 0.639. The highest BCUT2D eigenvalue weighted by molar-refractivity contribution is 6.30. The minimum Gasteiger partial charge on any atom is -0.352 e. The topological polar surface area (TPSA) is 71.1 Å². The van der Waals surface area contributed by atoms with Crippen LogP contribution in [0.5, 0.6) is 0 Å². The molecule has 0 bridgehead atoms. The standard InChI is InChI=1S/C20H22ClN3O2/c21-17-7-5-15(6-8-17)19(25)23-13-14-1-3-16(4-2-14)20(26)24-18-9-11-22-12-10-18/h5-12,14,16H,1-4,13H2,(H,23,25)(H,22,24,26). The fourth-order valence-electron chi connectivity index (χ4n) is 3.25. The molecule has 1 fully saturated rings. The van der Waals surface area contributed by atoms with E-state index in [9.17, 15) is 9.59 Å². The van der Waals surface area contributed by atoms with E-state index >= 15 is 0 Å². The van der Waals surface area contributed by atoms with Gasteiger partial charge in [-0.25, -0.2) is 0 Å². The second kappa shape index (κ2) is 8.81. The van der Waals surface area contributed by atoms with Crippen LogP contribution in [0.3, 0.4) is 0 Å². The van der Waals surface area contributed by atoms with Gasteiger partial charge in [-0.3, -0.25) is 14.6 Å². The molecule has 6 heteroatoms. The third-order valence-corrected chi connectivity index (χ3v) is 5.08. The van der Waals surface area contributed by atoms with Crippen molar-refractivity contribution in [3.05, 3.63) is 59.4 Å². The van der Waals surface area contributed by atoms with Crippen molar-refractivity contribution in [2.45, 2.75) is 25.7 Å². The Morgan fingerprint density at radius 2 is 1.65 bits per heavy atom. The zero-order chi connectivity index (χ0) is 18.4. The van der Waals surface area contributed by atoms with Crippen LogP contribution in [0.1, 0.15) is 36.0 Å². The molecule has 0 unspecified atom stereocenters. The highest BCUT2D eigenvalue weighted by atomic mass is 35.5. The Labute approximate surface area is 158 Å². The van der Waals surface area contributed by atoms with Gasteiger partial charge in [0.25, 0.3) is 5.91 Å². The van der Waals surface area contributed by atoms with Gasteiger partial charge in [0.1, 0.15) is 0 Å². The van der Waals surface area contributed by atoms with Crippen LogP contribution in [-0.4, -0.2) is 23.3 Å². The Morgan fingerprint density at radius 1 is 1.00 bits per heavy atom. The molecular formula is C20H22ClN3O2. The summed E-state index contributed by atoms with van der Waals surface area (Å²) in [4.78, 5) is 28.4. The number of hydrogen-bond donors (Lipinski definition) is 2. The first-order chi connectivity index (χ1) is 12.6. The lowest BCUT2D eigenvalue weighted by atomic mass is 9.81. The third kappa shape index (κ3) is 5.05. The van der Waals surface area contributed by atoms with Gasteiger partial charge in [0, 0.05) is 41.1 Å². The molecule has 1 saturated carbocycles. The molecule has 26 heavy (non-hydrogen) atoms. The van der Waals surface area contributed by atoms with Gasteiger partial charge >= 0.3 is 0 Å². The summed E-state index contributed by atoms with van der Waals surface area (Å²) in [5, 5.41) is 6.54. The smallest absolute Gasteiger partial charge is 0.251 e. The van der Waals surface area contributed by atoms with Crippen LogP contribution >= 0.6 is 11.6 Å². The predicted octanol–water partition coefficient (Wildman–Crippen LogP) is 3.91. The summed E-state index contributed by atoms with van der Waals surface area (Å²) in [7, 11) is 0. The summed E-state index contributed by atoms with van der Waals surface area (Å²) >= 11 is 5.84. The van der Waals surface area contributed by atoms with Gasteiger partial charge < -0.3 is 10.6 Å². The summed E-state index contributed by atoms with van der Waals surface area (Å²) < 4.78 is 0. The number of halogens is 1. The summed E-state index contributed by atoms with van der Waals surface area (Å²) in [5.74, 6) is 0.432. The van der Waals surface area contributed by atoms with Gasteiger partial charge in [-0.1, -0.05) is 11.6 Å². The molecule has 2 N–H and O–H groups in total. The molecule has 0 aliphatic heterocycles. The number of hydrogen-bond acceptors (Lipinski definition) is 3. The van der Waals surface area contributed by atoms with Crippen LogP contribution in [0, 0.1) is 11.8 Å². The van der Waals surface area contributed by atoms with Gasteiger partial charge in [0.05, 0.1) is 0 Å². The van der Waals surface area contributed by atoms with Crippen molar-refractivity contribution >= 4 is 29.1 Å². The maximum absolute atomic E-state index is 12.3. The number of nitrogens with one attached hydrogen (secondary N) is 2. The zero-order valence-corrected chi connectivity index (χ0v) is 15.2. The lowest BCUT2D eigenvalue weighted by Gasteiger charge is -2.27.